The van der Waals surface area contributed by atoms with Crippen LogP contribution >= 0.6 is 0 Å². The summed E-state index contributed by atoms with van der Waals surface area (Å²) in [6.45, 7) is 8.66. The van der Waals surface area contributed by atoms with Gasteiger partial charge >= 0.3 is 0 Å². The van der Waals surface area contributed by atoms with Gasteiger partial charge in [-0.1, -0.05) is 6.07 Å². The summed E-state index contributed by atoms with van der Waals surface area (Å²) in [6.07, 6.45) is 4.21. The van der Waals surface area contributed by atoms with Crippen LogP contribution in [0.3, 0.4) is 0 Å². The van der Waals surface area contributed by atoms with Crippen LogP contribution in [0.4, 0.5) is 11.6 Å². The number of hydrogen-bond donors (Lipinski definition) is 1. The molecule has 0 saturated carbocycles. The summed E-state index contributed by atoms with van der Waals surface area (Å²) in [5.74, 6) is 2.25. The van der Waals surface area contributed by atoms with Crippen LogP contribution in [0.2, 0.25) is 0 Å². The number of nitrogens with zero attached hydrogens (tertiary/aromatic N) is 4. The molecule has 1 aromatic carbocycles. The van der Waals surface area contributed by atoms with Crippen molar-refractivity contribution in [2.24, 2.45) is 0 Å². The molecule has 8 heteroatoms. The molecule has 1 unspecified atom stereocenters. The van der Waals surface area contributed by atoms with E-state index >= 15 is 0 Å². The molecule has 1 amide bonds. The normalized spacial score (nSPS) is 18.1. The zero-order chi connectivity index (χ0) is 20.2. The van der Waals surface area contributed by atoms with Gasteiger partial charge in [-0.15, -0.1) is 0 Å². The summed E-state index contributed by atoms with van der Waals surface area (Å²) in [5.41, 5.74) is 1.85. The molecule has 1 N–H and O–H groups in total. The third-order valence-corrected chi connectivity index (χ3v) is 5.36. The van der Waals surface area contributed by atoms with Crippen molar-refractivity contribution in [3.05, 3.63) is 36.2 Å². The summed E-state index contributed by atoms with van der Waals surface area (Å²) >= 11 is 0. The quantitative estimate of drug-likeness (QED) is 0.849. The first-order valence-electron chi connectivity index (χ1n) is 10.1. The van der Waals surface area contributed by atoms with Gasteiger partial charge in [-0.05, 0) is 24.6 Å². The molecule has 2 aliphatic rings. The Labute approximate surface area is 170 Å². The molecule has 8 nitrogen and oxygen atoms in total. The number of carbonyl (C=O) groups excluding carboxylic acids is 1. The van der Waals surface area contributed by atoms with Gasteiger partial charge in [-0.3, -0.25) is 9.69 Å². The van der Waals surface area contributed by atoms with E-state index < -0.39 is 0 Å². The van der Waals surface area contributed by atoms with Crippen LogP contribution in [0.25, 0.3) is 0 Å². The zero-order valence-electron chi connectivity index (χ0n) is 16.9. The van der Waals surface area contributed by atoms with Crippen LogP contribution in [-0.4, -0.2) is 60.2 Å². The number of benzene rings is 1. The number of piperazine rings is 1. The molecule has 154 valence electrons. The predicted molar refractivity (Wildman–Crippen MR) is 111 cm³/mol. The molecule has 0 bridgehead atoms. The Morgan fingerprint density at radius 3 is 2.45 bits per heavy atom. The molecule has 1 aromatic heterocycles. The van der Waals surface area contributed by atoms with Gasteiger partial charge in [0.25, 0.3) is 0 Å². The maximum absolute atomic E-state index is 11.1. The van der Waals surface area contributed by atoms with Crippen molar-refractivity contribution >= 4 is 17.5 Å². The van der Waals surface area contributed by atoms with Crippen molar-refractivity contribution in [1.29, 1.82) is 0 Å². The molecule has 0 radical (unpaired) electrons. The van der Waals surface area contributed by atoms with E-state index in [-0.39, 0.29) is 11.9 Å². The largest absolute Gasteiger partial charge is 0.490 e. The van der Waals surface area contributed by atoms with Crippen molar-refractivity contribution in [3.8, 4) is 11.5 Å². The second-order valence-electron chi connectivity index (χ2n) is 7.41. The van der Waals surface area contributed by atoms with Crippen molar-refractivity contribution < 1.29 is 14.3 Å². The van der Waals surface area contributed by atoms with Gasteiger partial charge in [0.15, 0.2) is 11.5 Å². The number of hydrogen-bond acceptors (Lipinski definition) is 7. The standard InChI is InChI=1S/C21H27N5O3/c1-15(17-4-5-19-20(12-17)29-11-3-10-28-19)25-6-8-26(9-7-25)21-22-13-18(14-23-21)24-16(2)27/h4-5,12-15H,3,6-11H2,1-2H3,(H,24,27). The molecule has 2 aromatic rings. The van der Waals surface area contributed by atoms with E-state index in [0.29, 0.717) is 24.8 Å². The van der Waals surface area contributed by atoms with Crippen LogP contribution in [0, 0.1) is 0 Å². The Morgan fingerprint density at radius 2 is 1.76 bits per heavy atom. The highest BCUT2D eigenvalue weighted by Gasteiger charge is 2.24. The lowest BCUT2D eigenvalue weighted by molar-refractivity contribution is -0.114. The van der Waals surface area contributed by atoms with Gasteiger partial charge in [0.1, 0.15) is 0 Å². The number of ether oxygens (including phenoxy) is 2. The molecule has 2 aliphatic heterocycles. The van der Waals surface area contributed by atoms with Crippen molar-refractivity contribution in [2.45, 2.75) is 26.3 Å². The van der Waals surface area contributed by atoms with Crippen molar-refractivity contribution in [3.63, 3.8) is 0 Å². The summed E-state index contributed by atoms with van der Waals surface area (Å²) in [7, 11) is 0. The van der Waals surface area contributed by atoms with Gasteiger partial charge < -0.3 is 19.7 Å². The minimum Gasteiger partial charge on any atom is -0.490 e. The average molecular weight is 397 g/mol. The minimum atomic E-state index is -0.126. The molecule has 1 atom stereocenters. The number of aromatic nitrogens is 2. The van der Waals surface area contributed by atoms with E-state index in [1.54, 1.807) is 12.4 Å². The molecule has 1 saturated heterocycles. The molecule has 3 heterocycles. The van der Waals surface area contributed by atoms with Crippen molar-refractivity contribution in [1.82, 2.24) is 14.9 Å². The highest BCUT2D eigenvalue weighted by molar-refractivity contribution is 5.88. The average Bonchev–Trinajstić information content (AvgIpc) is 2.98. The van der Waals surface area contributed by atoms with Crippen LogP contribution in [0.15, 0.2) is 30.6 Å². The summed E-state index contributed by atoms with van der Waals surface area (Å²) in [5, 5.41) is 2.69. The first-order valence-corrected chi connectivity index (χ1v) is 10.1. The first-order chi connectivity index (χ1) is 14.1. The van der Waals surface area contributed by atoms with E-state index in [0.717, 1.165) is 44.1 Å². The van der Waals surface area contributed by atoms with Gasteiger partial charge in [0.2, 0.25) is 11.9 Å². The highest BCUT2D eigenvalue weighted by atomic mass is 16.5. The summed E-state index contributed by atoms with van der Waals surface area (Å²) < 4.78 is 11.6. The van der Waals surface area contributed by atoms with E-state index in [1.165, 1.54) is 12.5 Å². The maximum atomic E-state index is 11.1. The topological polar surface area (TPSA) is 79.8 Å². The Morgan fingerprint density at radius 1 is 1.07 bits per heavy atom. The van der Waals surface area contributed by atoms with Crippen LogP contribution < -0.4 is 19.7 Å². The van der Waals surface area contributed by atoms with Crippen molar-refractivity contribution in [2.75, 3.05) is 49.6 Å². The number of fused-ring (bicyclic) bond motifs is 1. The van der Waals surface area contributed by atoms with Crippen LogP contribution in [0.1, 0.15) is 31.9 Å². The lowest BCUT2D eigenvalue weighted by Gasteiger charge is -2.38. The number of nitrogens with one attached hydrogen (secondary N) is 1. The number of amides is 1. The molecule has 0 spiro atoms. The molecule has 4 rings (SSSR count). The van der Waals surface area contributed by atoms with Crippen LogP contribution in [0.5, 0.6) is 11.5 Å². The summed E-state index contributed by atoms with van der Waals surface area (Å²) in [6, 6.07) is 6.56. The van der Waals surface area contributed by atoms with Gasteiger partial charge in [-0.25, -0.2) is 9.97 Å². The fraction of sp³-hybridized carbons (Fsp3) is 0.476. The second kappa shape index (κ2) is 8.65. The maximum Gasteiger partial charge on any atom is 0.225 e. The van der Waals surface area contributed by atoms with E-state index in [1.807, 2.05) is 6.07 Å². The molecular weight excluding hydrogens is 370 g/mol. The lowest BCUT2D eigenvalue weighted by Crippen LogP contribution is -2.47. The highest BCUT2D eigenvalue weighted by Crippen LogP contribution is 2.34. The Bertz CT molecular complexity index is 850. The smallest absolute Gasteiger partial charge is 0.225 e. The van der Waals surface area contributed by atoms with E-state index in [9.17, 15) is 4.79 Å². The molecule has 29 heavy (non-hydrogen) atoms. The predicted octanol–water partition coefficient (Wildman–Crippen LogP) is 2.48. The molecule has 0 aliphatic carbocycles. The Kier molecular flexibility index (Phi) is 5.80. The number of rotatable bonds is 4. The fourth-order valence-corrected chi connectivity index (χ4v) is 3.71. The lowest BCUT2D eigenvalue weighted by atomic mass is 10.1. The van der Waals surface area contributed by atoms with Gasteiger partial charge in [-0.2, -0.15) is 0 Å². The van der Waals surface area contributed by atoms with Gasteiger partial charge in [0.05, 0.1) is 31.3 Å². The fourth-order valence-electron chi connectivity index (χ4n) is 3.71. The first kappa shape index (κ1) is 19.4. The second-order valence-corrected chi connectivity index (χ2v) is 7.41. The van der Waals surface area contributed by atoms with Gasteiger partial charge in [0, 0.05) is 45.6 Å². The summed E-state index contributed by atoms with van der Waals surface area (Å²) in [4.78, 5) is 24.5. The third-order valence-electron chi connectivity index (χ3n) is 5.36. The Hall–Kier alpha value is -2.87. The Balaban J connectivity index is 1.36. The zero-order valence-corrected chi connectivity index (χ0v) is 16.9. The third kappa shape index (κ3) is 4.59. The SMILES string of the molecule is CC(=O)Nc1cnc(N2CCN(C(C)c3ccc4c(c3)OCCCO4)CC2)nc1. The number of carbonyl (C=O) groups is 1. The van der Waals surface area contributed by atoms with E-state index in [4.69, 9.17) is 9.47 Å². The van der Waals surface area contributed by atoms with Crippen LogP contribution in [-0.2, 0) is 4.79 Å². The monoisotopic (exact) mass is 397 g/mol. The molecular formula is C21H27N5O3. The molecule has 1 fully saturated rings. The van der Waals surface area contributed by atoms with E-state index in [2.05, 4.69) is 44.1 Å². The minimum absolute atomic E-state index is 0.126. The number of anilines is 2.